The number of nitro benzene ring substituents is 1. The lowest BCUT2D eigenvalue weighted by Crippen LogP contribution is -2.12. The summed E-state index contributed by atoms with van der Waals surface area (Å²) in [5.41, 5.74) is 0.117. The molecule has 0 radical (unpaired) electrons. The van der Waals surface area contributed by atoms with Crippen LogP contribution in [-0.2, 0) is 0 Å². The van der Waals surface area contributed by atoms with E-state index in [9.17, 15) is 19.3 Å². The Balaban J connectivity index is 2.23. The van der Waals surface area contributed by atoms with Crippen LogP contribution in [0.2, 0.25) is 5.02 Å². The quantitative estimate of drug-likeness (QED) is 0.694. The number of hydrogen-bond donors (Lipinski definition) is 1. The molecule has 0 aromatic heterocycles. The van der Waals surface area contributed by atoms with E-state index in [2.05, 4.69) is 5.32 Å². The SMILES string of the molecule is O=C(Nc1cccc([N+](=O)[O-])c1)c1cc(F)cc(Cl)c1. The fourth-order valence-electron chi connectivity index (χ4n) is 1.59. The maximum absolute atomic E-state index is 13.1. The van der Waals surface area contributed by atoms with Crippen LogP contribution in [0.4, 0.5) is 15.8 Å². The topological polar surface area (TPSA) is 72.2 Å². The van der Waals surface area contributed by atoms with E-state index in [1.165, 1.54) is 30.3 Å². The smallest absolute Gasteiger partial charge is 0.271 e. The zero-order valence-electron chi connectivity index (χ0n) is 9.97. The lowest BCUT2D eigenvalue weighted by atomic mass is 10.2. The number of halogens is 2. The zero-order valence-corrected chi connectivity index (χ0v) is 10.7. The Bertz CT molecular complexity index is 671. The third-order valence-corrected chi connectivity index (χ3v) is 2.66. The van der Waals surface area contributed by atoms with E-state index < -0.39 is 16.6 Å². The van der Waals surface area contributed by atoms with E-state index in [-0.39, 0.29) is 22.0 Å². The number of nitrogens with one attached hydrogen (secondary N) is 1. The molecule has 0 bridgehead atoms. The van der Waals surface area contributed by atoms with Gasteiger partial charge in [-0.25, -0.2) is 4.39 Å². The number of carbonyl (C=O) groups excluding carboxylic acids is 1. The molecule has 0 heterocycles. The summed E-state index contributed by atoms with van der Waals surface area (Å²) in [6, 6.07) is 8.84. The van der Waals surface area contributed by atoms with Crippen LogP contribution in [0, 0.1) is 15.9 Å². The first kappa shape index (κ1) is 14.0. The van der Waals surface area contributed by atoms with Crippen molar-refractivity contribution in [1.82, 2.24) is 0 Å². The number of anilines is 1. The first-order valence-electron chi connectivity index (χ1n) is 5.47. The monoisotopic (exact) mass is 294 g/mol. The molecule has 0 saturated carbocycles. The average molecular weight is 295 g/mol. The van der Waals surface area contributed by atoms with E-state index >= 15 is 0 Å². The number of hydrogen-bond acceptors (Lipinski definition) is 3. The molecule has 0 atom stereocenters. The van der Waals surface area contributed by atoms with Crippen LogP contribution in [0.1, 0.15) is 10.4 Å². The summed E-state index contributed by atoms with van der Waals surface area (Å²) in [7, 11) is 0. The number of carbonyl (C=O) groups is 1. The third-order valence-electron chi connectivity index (χ3n) is 2.44. The summed E-state index contributed by atoms with van der Waals surface area (Å²) in [5.74, 6) is -1.24. The van der Waals surface area contributed by atoms with Crippen molar-refractivity contribution in [3.05, 3.63) is 69.0 Å². The van der Waals surface area contributed by atoms with Gasteiger partial charge in [-0.1, -0.05) is 17.7 Å². The molecule has 1 N–H and O–H groups in total. The van der Waals surface area contributed by atoms with Gasteiger partial charge in [0.1, 0.15) is 5.82 Å². The van der Waals surface area contributed by atoms with Crippen molar-refractivity contribution in [2.24, 2.45) is 0 Å². The Labute approximate surface area is 118 Å². The van der Waals surface area contributed by atoms with Crippen LogP contribution < -0.4 is 5.32 Å². The minimum atomic E-state index is -0.637. The highest BCUT2D eigenvalue weighted by atomic mass is 35.5. The number of amides is 1. The van der Waals surface area contributed by atoms with Crippen LogP contribution >= 0.6 is 11.6 Å². The Morgan fingerprint density at radius 3 is 2.65 bits per heavy atom. The van der Waals surface area contributed by atoms with Crippen molar-refractivity contribution in [2.45, 2.75) is 0 Å². The first-order valence-corrected chi connectivity index (χ1v) is 5.85. The Kier molecular flexibility index (Phi) is 3.95. The van der Waals surface area contributed by atoms with E-state index in [1.54, 1.807) is 0 Å². The molecule has 2 aromatic carbocycles. The number of rotatable bonds is 3. The van der Waals surface area contributed by atoms with Gasteiger partial charge in [-0.2, -0.15) is 0 Å². The van der Waals surface area contributed by atoms with E-state index in [0.717, 1.165) is 12.1 Å². The van der Waals surface area contributed by atoms with E-state index in [4.69, 9.17) is 11.6 Å². The molecule has 2 aromatic rings. The fourth-order valence-corrected chi connectivity index (χ4v) is 1.81. The van der Waals surface area contributed by atoms with Gasteiger partial charge in [-0.05, 0) is 24.3 Å². The van der Waals surface area contributed by atoms with Gasteiger partial charge < -0.3 is 5.32 Å². The molecule has 5 nitrogen and oxygen atoms in total. The molecule has 0 unspecified atom stereocenters. The number of non-ortho nitro benzene ring substituents is 1. The molecule has 2 rings (SSSR count). The van der Waals surface area contributed by atoms with Crippen molar-refractivity contribution < 1.29 is 14.1 Å². The summed E-state index contributed by atoms with van der Waals surface area (Å²) in [6.45, 7) is 0. The van der Waals surface area contributed by atoms with Gasteiger partial charge >= 0.3 is 0 Å². The second-order valence-corrected chi connectivity index (χ2v) is 4.36. The van der Waals surface area contributed by atoms with Gasteiger partial charge in [0.15, 0.2) is 0 Å². The maximum Gasteiger partial charge on any atom is 0.271 e. The molecule has 7 heteroatoms. The Morgan fingerprint density at radius 2 is 2.00 bits per heavy atom. The van der Waals surface area contributed by atoms with Crippen LogP contribution in [0.15, 0.2) is 42.5 Å². The molecular formula is C13H8ClFN2O3. The minimum absolute atomic E-state index is 0.0292. The molecule has 0 aliphatic heterocycles. The fraction of sp³-hybridized carbons (Fsp3) is 0. The van der Waals surface area contributed by atoms with E-state index in [1.807, 2.05) is 0 Å². The summed E-state index contributed by atoms with van der Waals surface area (Å²) < 4.78 is 13.1. The van der Waals surface area contributed by atoms with Crippen LogP contribution in [0.5, 0.6) is 0 Å². The highest BCUT2D eigenvalue weighted by Crippen LogP contribution is 2.19. The van der Waals surface area contributed by atoms with Crippen LogP contribution in [0.3, 0.4) is 0 Å². The molecule has 0 spiro atoms. The third kappa shape index (κ3) is 3.30. The van der Waals surface area contributed by atoms with Gasteiger partial charge in [-0.3, -0.25) is 14.9 Å². The first-order chi connectivity index (χ1) is 9.45. The van der Waals surface area contributed by atoms with Crippen molar-refractivity contribution in [2.75, 3.05) is 5.32 Å². The summed E-state index contributed by atoms with van der Waals surface area (Å²) in [6.07, 6.45) is 0. The summed E-state index contributed by atoms with van der Waals surface area (Å²) in [5, 5.41) is 13.2. The summed E-state index contributed by atoms with van der Waals surface area (Å²) in [4.78, 5) is 21.9. The lowest BCUT2D eigenvalue weighted by Gasteiger charge is -2.05. The predicted octanol–water partition coefficient (Wildman–Crippen LogP) is 3.64. The average Bonchev–Trinajstić information content (AvgIpc) is 2.37. The van der Waals surface area contributed by atoms with Gasteiger partial charge in [-0.15, -0.1) is 0 Å². The Morgan fingerprint density at radius 1 is 1.25 bits per heavy atom. The molecule has 1 amide bonds. The summed E-state index contributed by atoms with van der Waals surface area (Å²) >= 11 is 5.65. The standard InChI is InChI=1S/C13H8ClFN2O3/c14-9-4-8(5-10(15)6-9)13(18)16-11-2-1-3-12(7-11)17(19)20/h1-7H,(H,16,18). The molecule has 102 valence electrons. The number of benzene rings is 2. The molecule has 0 aliphatic rings. The van der Waals surface area contributed by atoms with Gasteiger partial charge in [0.25, 0.3) is 11.6 Å². The normalized spacial score (nSPS) is 10.1. The zero-order chi connectivity index (χ0) is 14.7. The van der Waals surface area contributed by atoms with E-state index in [0.29, 0.717) is 0 Å². The molecule has 20 heavy (non-hydrogen) atoms. The molecular weight excluding hydrogens is 287 g/mol. The maximum atomic E-state index is 13.1. The van der Waals surface area contributed by atoms with Gasteiger partial charge in [0, 0.05) is 28.4 Å². The van der Waals surface area contributed by atoms with Crippen LogP contribution in [0.25, 0.3) is 0 Å². The second kappa shape index (κ2) is 5.66. The van der Waals surface area contributed by atoms with Gasteiger partial charge in [0.2, 0.25) is 0 Å². The molecule has 0 saturated heterocycles. The lowest BCUT2D eigenvalue weighted by molar-refractivity contribution is -0.384. The van der Waals surface area contributed by atoms with Crippen molar-refractivity contribution >= 4 is 28.9 Å². The van der Waals surface area contributed by atoms with Crippen LogP contribution in [-0.4, -0.2) is 10.8 Å². The van der Waals surface area contributed by atoms with Gasteiger partial charge in [0.05, 0.1) is 4.92 Å². The Hall–Kier alpha value is -2.47. The highest BCUT2D eigenvalue weighted by molar-refractivity contribution is 6.31. The number of nitrogens with zero attached hydrogens (tertiary/aromatic N) is 1. The molecule has 0 fully saturated rings. The van der Waals surface area contributed by atoms with Crippen molar-refractivity contribution in [1.29, 1.82) is 0 Å². The molecule has 0 aliphatic carbocycles. The second-order valence-electron chi connectivity index (χ2n) is 3.92. The number of nitro groups is 1. The van der Waals surface area contributed by atoms with Crippen molar-refractivity contribution in [3.63, 3.8) is 0 Å². The minimum Gasteiger partial charge on any atom is -0.322 e. The largest absolute Gasteiger partial charge is 0.322 e. The van der Waals surface area contributed by atoms with Crippen molar-refractivity contribution in [3.8, 4) is 0 Å². The highest BCUT2D eigenvalue weighted by Gasteiger charge is 2.11. The predicted molar refractivity (Wildman–Crippen MR) is 72.5 cm³/mol.